The maximum Gasteiger partial charge on any atom is 0.158 e. The van der Waals surface area contributed by atoms with E-state index in [1.54, 1.807) is 0 Å². The van der Waals surface area contributed by atoms with Crippen LogP contribution in [0.4, 0.5) is 0 Å². The number of hydrogen-bond donors (Lipinski definition) is 0. The lowest BCUT2D eigenvalue weighted by atomic mass is 10.2. The molecule has 2 saturated heterocycles. The van der Waals surface area contributed by atoms with Crippen molar-refractivity contribution in [2.75, 3.05) is 0 Å². The molecule has 0 aliphatic carbocycles. The summed E-state index contributed by atoms with van der Waals surface area (Å²) in [6.45, 7) is 8.25. The van der Waals surface area contributed by atoms with E-state index in [9.17, 15) is 0 Å². The highest BCUT2D eigenvalue weighted by Gasteiger charge is 2.30. The molecule has 0 aromatic carbocycles. The largest absolute Gasteiger partial charge is 0.347 e. The van der Waals surface area contributed by atoms with Gasteiger partial charge in [-0.1, -0.05) is 0 Å². The van der Waals surface area contributed by atoms with Crippen LogP contribution in [0, 0.1) is 0 Å². The first kappa shape index (κ1) is 14.3. The summed E-state index contributed by atoms with van der Waals surface area (Å²) < 4.78 is 22.8. The summed E-state index contributed by atoms with van der Waals surface area (Å²) in [5.74, 6) is 0. The fraction of sp³-hybridized carbons (Fsp3) is 1.00. The van der Waals surface area contributed by atoms with Crippen LogP contribution in [0.15, 0.2) is 0 Å². The number of rotatable bonds is 5. The predicted octanol–water partition coefficient (Wildman–Crippen LogP) is 2.85. The molecular formula is C14H26O4. The second kappa shape index (κ2) is 6.33. The molecule has 2 heterocycles. The lowest BCUT2D eigenvalue weighted by Gasteiger charge is -2.12. The van der Waals surface area contributed by atoms with Crippen molar-refractivity contribution in [2.45, 2.75) is 90.4 Å². The van der Waals surface area contributed by atoms with Gasteiger partial charge in [-0.05, 0) is 53.4 Å². The normalized spacial score (nSPS) is 44.7. The van der Waals surface area contributed by atoms with E-state index in [0.717, 1.165) is 25.7 Å². The van der Waals surface area contributed by atoms with Crippen molar-refractivity contribution in [2.24, 2.45) is 0 Å². The van der Waals surface area contributed by atoms with Crippen LogP contribution in [0.3, 0.4) is 0 Å². The van der Waals surface area contributed by atoms with E-state index in [4.69, 9.17) is 18.9 Å². The predicted molar refractivity (Wildman–Crippen MR) is 68.2 cm³/mol. The molecule has 0 bridgehead atoms. The van der Waals surface area contributed by atoms with Crippen molar-refractivity contribution < 1.29 is 18.9 Å². The summed E-state index contributed by atoms with van der Waals surface area (Å²) in [7, 11) is 0. The smallest absolute Gasteiger partial charge is 0.158 e. The molecule has 18 heavy (non-hydrogen) atoms. The fourth-order valence-corrected chi connectivity index (χ4v) is 2.36. The Labute approximate surface area is 110 Å². The molecular weight excluding hydrogens is 232 g/mol. The molecule has 4 nitrogen and oxygen atoms in total. The number of hydrogen-bond acceptors (Lipinski definition) is 4. The first-order valence-corrected chi connectivity index (χ1v) is 7.18. The molecule has 0 radical (unpaired) electrons. The third-order valence-corrected chi connectivity index (χ3v) is 3.92. The van der Waals surface area contributed by atoms with Crippen molar-refractivity contribution in [1.82, 2.24) is 0 Å². The minimum atomic E-state index is -0.0155. The molecule has 0 saturated carbocycles. The summed E-state index contributed by atoms with van der Waals surface area (Å²) in [5, 5.41) is 0. The molecule has 0 aromatic rings. The second-order valence-electron chi connectivity index (χ2n) is 5.51. The van der Waals surface area contributed by atoms with E-state index >= 15 is 0 Å². The third kappa shape index (κ3) is 3.67. The Morgan fingerprint density at radius 1 is 0.556 bits per heavy atom. The van der Waals surface area contributed by atoms with E-state index in [2.05, 4.69) is 27.7 Å². The lowest BCUT2D eigenvalue weighted by molar-refractivity contribution is -0.0775. The SMILES string of the molecule is CC1OC(CCCCC2OC(C)C(C)O2)OC1C. The van der Waals surface area contributed by atoms with E-state index < -0.39 is 0 Å². The van der Waals surface area contributed by atoms with Gasteiger partial charge in [-0.25, -0.2) is 0 Å². The highest BCUT2D eigenvalue weighted by Crippen LogP contribution is 2.25. The average Bonchev–Trinajstić information content (AvgIpc) is 2.79. The van der Waals surface area contributed by atoms with Crippen molar-refractivity contribution in [3.05, 3.63) is 0 Å². The molecule has 2 aliphatic heterocycles. The first-order valence-electron chi connectivity index (χ1n) is 7.18. The van der Waals surface area contributed by atoms with Crippen molar-refractivity contribution in [1.29, 1.82) is 0 Å². The van der Waals surface area contributed by atoms with Crippen LogP contribution in [-0.4, -0.2) is 37.0 Å². The van der Waals surface area contributed by atoms with Crippen LogP contribution in [0.5, 0.6) is 0 Å². The Morgan fingerprint density at radius 3 is 1.11 bits per heavy atom. The Kier molecular flexibility index (Phi) is 5.01. The van der Waals surface area contributed by atoms with Gasteiger partial charge in [0, 0.05) is 0 Å². The topological polar surface area (TPSA) is 36.9 Å². The Bertz CT molecular complexity index is 212. The van der Waals surface area contributed by atoms with Gasteiger partial charge in [0.05, 0.1) is 24.4 Å². The summed E-state index contributed by atoms with van der Waals surface area (Å²) >= 11 is 0. The zero-order valence-electron chi connectivity index (χ0n) is 11.9. The van der Waals surface area contributed by atoms with Crippen LogP contribution in [0.1, 0.15) is 53.4 Å². The molecule has 4 atom stereocenters. The minimum absolute atomic E-state index is 0.0155. The quantitative estimate of drug-likeness (QED) is 0.711. The molecule has 0 amide bonds. The van der Waals surface area contributed by atoms with E-state index in [1.807, 2.05) is 0 Å². The molecule has 4 heteroatoms. The standard InChI is InChI=1S/C14H26O4/c1-9-10(2)16-13(15-9)7-5-6-8-14-17-11(3)12(4)18-14/h9-14H,5-8H2,1-4H3. The van der Waals surface area contributed by atoms with Crippen LogP contribution in [-0.2, 0) is 18.9 Å². The highest BCUT2D eigenvalue weighted by molar-refractivity contribution is 4.71. The van der Waals surface area contributed by atoms with E-state index in [-0.39, 0.29) is 37.0 Å². The van der Waals surface area contributed by atoms with Crippen LogP contribution >= 0.6 is 0 Å². The fourth-order valence-electron chi connectivity index (χ4n) is 2.36. The molecule has 0 spiro atoms. The Morgan fingerprint density at radius 2 is 0.833 bits per heavy atom. The van der Waals surface area contributed by atoms with Gasteiger partial charge in [-0.15, -0.1) is 0 Å². The zero-order valence-corrected chi connectivity index (χ0v) is 11.9. The molecule has 0 aromatic heterocycles. The third-order valence-electron chi connectivity index (χ3n) is 3.92. The van der Waals surface area contributed by atoms with Gasteiger partial charge in [0.1, 0.15) is 0 Å². The molecule has 106 valence electrons. The van der Waals surface area contributed by atoms with Gasteiger partial charge in [-0.2, -0.15) is 0 Å². The summed E-state index contributed by atoms with van der Waals surface area (Å²) in [6.07, 6.45) is 4.97. The summed E-state index contributed by atoms with van der Waals surface area (Å²) in [6, 6.07) is 0. The second-order valence-corrected chi connectivity index (χ2v) is 5.51. The number of ether oxygens (including phenoxy) is 4. The molecule has 2 rings (SSSR count). The molecule has 0 N–H and O–H groups in total. The van der Waals surface area contributed by atoms with Gasteiger partial charge in [0.15, 0.2) is 12.6 Å². The van der Waals surface area contributed by atoms with Gasteiger partial charge in [-0.3, -0.25) is 0 Å². The molecule has 2 fully saturated rings. The van der Waals surface area contributed by atoms with Crippen LogP contribution in [0.25, 0.3) is 0 Å². The maximum atomic E-state index is 5.69. The van der Waals surface area contributed by atoms with E-state index in [1.165, 1.54) is 0 Å². The van der Waals surface area contributed by atoms with Crippen LogP contribution < -0.4 is 0 Å². The Hall–Kier alpha value is -0.160. The van der Waals surface area contributed by atoms with Crippen molar-refractivity contribution in [3.8, 4) is 0 Å². The van der Waals surface area contributed by atoms with Crippen molar-refractivity contribution >= 4 is 0 Å². The Balaban J connectivity index is 1.54. The first-order chi connectivity index (χ1) is 8.56. The van der Waals surface area contributed by atoms with E-state index in [0.29, 0.717) is 0 Å². The minimum Gasteiger partial charge on any atom is -0.347 e. The van der Waals surface area contributed by atoms with Gasteiger partial charge < -0.3 is 18.9 Å². The summed E-state index contributed by atoms with van der Waals surface area (Å²) in [4.78, 5) is 0. The maximum absolute atomic E-state index is 5.69. The monoisotopic (exact) mass is 258 g/mol. The molecule has 4 unspecified atom stereocenters. The lowest BCUT2D eigenvalue weighted by Crippen LogP contribution is -2.13. The number of unbranched alkanes of at least 4 members (excludes halogenated alkanes) is 1. The van der Waals surface area contributed by atoms with Crippen LogP contribution in [0.2, 0.25) is 0 Å². The van der Waals surface area contributed by atoms with Gasteiger partial charge >= 0.3 is 0 Å². The van der Waals surface area contributed by atoms with Gasteiger partial charge in [0.25, 0.3) is 0 Å². The highest BCUT2D eigenvalue weighted by atomic mass is 16.7. The van der Waals surface area contributed by atoms with Crippen molar-refractivity contribution in [3.63, 3.8) is 0 Å². The summed E-state index contributed by atoms with van der Waals surface area (Å²) in [5.41, 5.74) is 0. The zero-order chi connectivity index (χ0) is 13.1. The van der Waals surface area contributed by atoms with Gasteiger partial charge in [0.2, 0.25) is 0 Å². The molecule has 2 aliphatic rings. The average molecular weight is 258 g/mol.